The number of carbonyl (C=O) groups is 1. The molecule has 0 N–H and O–H groups in total. The van der Waals surface area contributed by atoms with E-state index in [4.69, 9.17) is 4.74 Å². The van der Waals surface area contributed by atoms with Crippen LogP contribution in [0.2, 0.25) is 0 Å². The SMILES string of the molecule is COC(=O)C1(CC[N+](=O)[O-])CCCN1Cc1ccccc1. The Morgan fingerprint density at radius 1 is 1.43 bits per heavy atom. The number of likely N-dealkylation sites (tertiary alicyclic amines) is 1. The normalized spacial score (nSPS) is 22.1. The Hall–Kier alpha value is -1.95. The van der Waals surface area contributed by atoms with Crippen molar-refractivity contribution in [2.75, 3.05) is 20.2 Å². The Balaban J connectivity index is 2.20. The topological polar surface area (TPSA) is 72.7 Å². The van der Waals surface area contributed by atoms with Gasteiger partial charge < -0.3 is 4.74 Å². The highest BCUT2D eigenvalue weighted by atomic mass is 16.6. The van der Waals surface area contributed by atoms with E-state index in [1.54, 1.807) is 0 Å². The van der Waals surface area contributed by atoms with Gasteiger partial charge in [0.15, 0.2) is 0 Å². The predicted octanol–water partition coefficient (Wildman–Crippen LogP) is 1.86. The minimum atomic E-state index is -0.863. The summed E-state index contributed by atoms with van der Waals surface area (Å²) in [6, 6.07) is 9.82. The van der Waals surface area contributed by atoms with E-state index in [9.17, 15) is 14.9 Å². The Morgan fingerprint density at radius 3 is 2.76 bits per heavy atom. The number of carbonyl (C=O) groups excluding carboxylic acids is 1. The largest absolute Gasteiger partial charge is 0.468 e. The summed E-state index contributed by atoms with van der Waals surface area (Å²) in [5, 5.41) is 10.7. The van der Waals surface area contributed by atoms with Crippen molar-refractivity contribution in [3.8, 4) is 0 Å². The fourth-order valence-corrected chi connectivity index (χ4v) is 3.05. The van der Waals surface area contributed by atoms with Crippen molar-refractivity contribution >= 4 is 5.97 Å². The van der Waals surface area contributed by atoms with Gasteiger partial charge in [-0.1, -0.05) is 30.3 Å². The van der Waals surface area contributed by atoms with Crippen LogP contribution in [-0.4, -0.2) is 41.5 Å². The number of nitro groups is 1. The molecule has 1 aliphatic heterocycles. The Morgan fingerprint density at radius 2 is 2.14 bits per heavy atom. The summed E-state index contributed by atoms with van der Waals surface area (Å²) < 4.78 is 4.93. The molecule has 6 nitrogen and oxygen atoms in total. The summed E-state index contributed by atoms with van der Waals surface area (Å²) in [7, 11) is 1.34. The lowest BCUT2D eigenvalue weighted by Crippen LogP contribution is -2.51. The maximum absolute atomic E-state index is 12.3. The van der Waals surface area contributed by atoms with Crippen LogP contribution >= 0.6 is 0 Å². The summed E-state index contributed by atoms with van der Waals surface area (Å²) in [5.41, 5.74) is 0.228. The number of hydrogen-bond donors (Lipinski definition) is 0. The van der Waals surface area contributed by atoms with Gasteiger partial charge in [0.2, 0.25) is 6.54 Å². The fraction of sp³-hybridized carbons (Fsp3) is 0.533. The van der Waals surface area contributed by atoms with Crippen LogP contribution in [0.5, 0.6) is 0 Å². The molecular formula is C15H20N2O4. The molecule has 114 valence electrons. The van der Waals surface area contributed by atoms with Crippen LogP contribution in [0.4, 0.5) is 0 Å². The molecule has 1 saturated heterocycles. The molecule has 1 unspecified atom stereocenters. The van der Waals surface area contributed by atoms with Crippen molar-refractivity contribution in [1.29, 1.82) is 0 Å². The molecular weight excluding hydrogens is 272 g/mol. The highest BCUT2D eigenvalue weighted by Crippen LogP contribution is 2.35. The molecule has 0 spiro atoms. The standard InChI is InChI=1S/C15H20N2O4/c1-21-14(18)15(9-11-17(19)20)8-5-10-16(15)12-13-6-3-2-4-7-13/h2-4,6-7H,5,8-12H2,1H3. The van der Waals surface area contributed by atoms with E-state index in [-0.39, 0.29) is 23.9 Å². The smallest absolute Gasteiger partial charge is 0.326 e. The molecule has 1 atom stereocenters. The summed E-state index contributed by atoms with van der Waals surface area (Å²) >= 11 is 0. The Kier molecular flexibility index (Phi) is 4.90. The van der Waals surface area contributed by atoms with Crippen molar-refractivity contribution in [2.45, 2.75) is 31.3 Å². The second-order valence-electron chi connectivity index (χ2n) is 5.34. The average molecular weight is 292 g/mol. The predicted molar refractivity (Wildman–Crippen MR) is 77.3 cm³/mol. The summed E-state index contributed by atoms with van der Waals surface area (Å²) in [6.07, 6.45) is 1.65. The van der Waals surface area contributed by atoms with E-state index in [0.717, 1.165) is 18.5 Å². The summed E-state index contributed by atoms with van der Waals surface area (Å²) in [5.74, 6) is -0.363. The summed E-state index contributed by atoms with van der Waals surface area (Å²) in [6.45, 7) is 1.13. The average Bonchev–Trinajstić information content (AvgIpc) is 2.89. The first-order valence-electron chi connectivity index (χ1n) is 7.08. The first-order valence-corrected chi connectivity index (χ1v) is 7.08. The van der Waals surface area contributed by atoms with Crippen LogP contribution < -0.4 is 0 Å². The Labute approximate surface area is 123 Å². The van der Waals surface area contributed by atoms with Gasteiger partial charge in [0.1, 0.15) is 5.54 Å². The van der Waals surface area contributed by atoms with Gasteiger partial charge >= 0.3 is 5.97 Å². The lowest BCUT2D eigenvalue weighted by Gasteiger charge is -2.35. The molecule has 1 aliphatic rings. The van der Waals surface area contributed by atoms with Gasteiger partial charge in [-0.3, -0.25) is 19.8 Å². The highest BCUT2D eigenvalue weighted by Gasteiger charge is 2.49. The molecule has 0 bridgehead atoms. The van der Waals surface area contributed by atoms with Crippen molar-refractivity contribution in [3.63, 3.8) is 0 Å². The first kappa shape index (κ1) is 15.4. The van der Waals surface area contributed by atoms with E-state index >= 15 is 0 Å². The zero-order valence-electron chi connectivity index (χ0n) is 12.2. The van der Waals surface area contributed by atoms with Gasteiger partial charge in [-0.25, -0.2) is 0 Å². The molecule has 1 fully saturated rings. The van der Waals surface area contributed by atoms with E-state index in [0.29, 0.717) is 13.0 Å². The number of rotatable bonds is 6. The molecule has 2 rings (SSSR count). The number of esters is 1. The molecule has 6 heteroatoms. The zero-order valence-corrected chi connectivity index (χ0v) is 12.2. The first-order chi connectivity index (χ1) is 10.1. The van der Waals surface area contributed by atoms with E-state index in [2.05, 4.69) is 0 Å². The third-order valence-corrected chi connectivity index (χ3v) is 4.11. The third kappa shape index (κ3) is 3.39. The molecule has 1 heterocycles. The van der Waals surface area contributed by atoms with Crippen LogP contribution in [0, 0.1) is 10.1 Å². The second-order valence-corrected chi connectivity index (χ2v) is 5.34. The number of methoxy groups -OCH3 is 1. The molecule has 0 aliphatic carbocycles. The molecule has 1 aromatic rings. The van der Waals surface area contributed by atoms with Crippen molar-refractivity contribution in [1.82, 2.24) is 4.90 Å². The lowest BCUT2D eigenvalue weighted by atomic mass is 9.91. The van der Waals surface area contributed by atoms with E-state index in [1.165, 1.54) is 7.11 Å². The quantitative estimate of drug-likeness (QED) is 0.454. The molecule has 0 radical (unpaired) electrons. The van der Waals surface area contributed by atoms with Crippen LogP contribution in [0.3, 0.4) is 0 Å². The fourth-order valence-electron chi connectivity index (χ4n) is 3.05. The number of hydrogen-bond acceptors (Lipinski definition) is 5. The highest BCUT2D eigenvalue weighted by molar-refractivity contribution is 5.81. The van der Waals surface area contributed by atoms with Crippen molar-refractivity contribution in [2.24, 2.45) is 0 Å². The van der Waals surface area contributed by atoms with Crippen LogP contribution in [-0.2, 0) is 16.1 Å². The number of nitrogens with zero attached hydrogens (tertiary/aromatic N) is 2. The number of ether oxygens (including phenoxy) is 1. The van der Waals surface area contributed by atoms with Gasteiger partial charge in [0.25, 0.3) is 0 Å². The van der Waals surface area contributed by atoms with Gasteiger partial charge in [0, 0.05) is 17.9 Å². The lowest BCUT2D eigenvalue weighted by molar-refractivity contribution is -0.482. The summed E-state index contributed by atoms with van der Waals surface area (Å²) in [4.78, 5) is 24.6. The number of benzene rings is 1. The molecule has 21 heavy (non-hydrogen) atoms. The van der Waals surface area contributed by atoms with Gasteiger partial charge in [-0.2, -0.15) is 0 Å². The molecule has 1 aromatic carbocycles. The van der Waals surface area contributed by atoms with Gasteiger partial charge in [-0.05, 0) is 24.9 Å². The zero-order chi connectivity index (χ0) is 15.3. The van der Waals surface area contributed by atoms with E-state index in [1.807, 2.05) is 35.2 Å². The van der Waals surface area contributed by atoms with Crippen molar-refractivity contribution < 1.29 is 14.5 Å². The van der Waals surface area contributed by atoms with Crippen LogP contribution in [0.1, 0.15) is 24.8 Å². The second kappa shape index (κ2) is 6.67. The maximum Gasteiger partial charge on any atom is 0.326 e. The Bertz CT molecular complexity index is 506. The van der Waals surface area contributed by atoms with Crippen LogP contribution in [0.15, 0.2) is 30.3 Å². The monoisotopic (exact) mass is 292 g/mol. The third-order valence-electron chi connectivity index (χ3n) is 4.11. The molecule has 0 saturated carbocycles. The van der Waals surface area contributed by atoms with Crippen molar-refractivity contribution in [3.05, 3.63) is 46.0 Å². The minimum absolute atomic E-state index is 0.194. The molecule has 0 aromatic heterocycles. The maximum atomic E-state index is 12.3. The van der Waals surface area contributed by atoms with Crippen LogP contribution in [0.25, 0.3) is 0 Å². The molecule has 0 amide bonds. The van der Waals surface area contributed by atoms with Gasteiger partial charge in [-0.15, -0.1) is 0 Å². The minimum Gasteiger partial charge on any atom is -0.468 e. The van der Waals surface area contributed by atoms with Gasteiger partial charge in [0.05, 0.1) is 7.11 Å². The van der Waals surface area contributed by atoms with E-state index < -0.39 is 5.54 Å².